The summed E-state index contributed by atoms with van der Waals surface area (Å²) in [5.41, 5.74) is 7.67. The van der Waals surface area contributed by atoms with Gasteiger partial charge in [0.2, 0.25) is 5.95 Å². The fourth-order valence-corrected chi connectivity index (χ4v) is 2.34. The van der Waals surface area contributed by atoms with Crippen LogP contribution in [0, 0.1) is 17.0 Å². The van der Waals surface area contributed by atoms with Crippen LogP contribution in [-0.2, 0) is 6.42 Å². The first-order valence-corrected chi connectivity index (χ1v) is 6.11. The second-order valence-corrected chi connectivity index (χ2v) is 4.54. The van der Waals surface area contributed by atoms with Gasteiger partial charge in [0.15, 0.2) is 5.69 Å². The molecule has 0 atom stereocenters. The zero-order valence-corrected chi connectivity index (χ0v) is 10.8. The van der Waals surface area contributed by atoms with Gasteiger partial charge >= 0.3 is 5.69 Å². The lowest BCUT2D eigenvalue weighted by Gasteiger charge is -2.07. The van der Waals surface area contributed by atoms with E-state index in [4.69, 9.17) is 10.5 Å². The Morgan fingerprint density at radius 3 is 2.95 bits per heavy atom. The molecule has 0 unspecified atom stereocenters. The van der Waals surface area contributed by atoms with Crippen molar-refractivity contribution in [2.24, 2.45) is 0 Å². The van der Waals surface area contributed by atoms with E-state index in [1.54, 1.807) is 19.1 Å². The molecule has 2 aromatic rings. The molecule has 3 rings (SSSR count). The number of fused-ring (bicyclic) bond motifs is 1. The zero-order chi connectivity index (χ0) is 14.3. The minimum absolute atomic E-state index is 0.0276. The second-order valence-electron chi connectivity index (χ2n) is 4.54. The number of aryl methyl sites for hydroxylation is 1. The van der Waals surface area contributed by atoms with Crippen molar-refractivity contribution in [2.75, 3.05) is 12.3 Å². The van der Waals surface area contributed by atoms with Crippen LogP contribution in [0.15, 0.2) is 18.2 Å². The Morgan fingerprint density at radius 2 is 2.20 bits per heavy atom. The van der Waals surface area contributed by atoms with Crippen LogP contribution in [-0.4, -0.2) is 21.5 Å². The van der Waals surface area contributed by atoms with Crippen LogP contribution >= 0.6 is 0 Å². The molecule has 0 saturated heterocycles. The Bertz CT molecular complexity index is 715. The standard InChI is InChI=1S/C13H12N4O3/c1-7-12(17(18)19)11(16-13(14)15-7)9-2-3-10-8(6-9)4-5-20-10/h2-3,6H,4-5H2,1H3,(H2,14,15,16). The molecule has 1 aliphatic rings. The number of anilines is 1. The maximum absolute atomic E-state index is 11.2. The predicted molar refractivity (Wildman–Crippen MR) is 72.5 cm³/mol. The van der Waals surface area contributed by atoms with Crippen molar-refractivity contribution in [3.05, 3.63) is 39.6 Å². The molecule has 1 aliphatic heterocycles. The van der Waals surface area contributed by atoms with E-state index in [0.29, 0.717) is 12.2 Å². The molecular weight excluding hydrogens is 260 g/mol. The Kier molecular flexibility index (Phi) is 2.74. The van der Waals surface area contributed by atoms with Gasteiger partial charge in [-0.15, -0.1) is 0 Å². The largest absolute Gasteiger partial charge is 0.493 e. The highest BCUT2D eigenvalue weighted by Crippen LogP contribution is 2.34. The van der Waals surface area contributed by atoms with Crippen molar-refractivity contribution in [1.82, 2.24) is 9.97 Å². The first kappa shape index (κ1) is 12.3. The molecule has 0 spiro atoms. The molecule has 1 aromatic heterocycles. The van der Waals surface area contributed by atoms with Gasteiger partial charge in [0.1, 0.15) is 11.4 Å². The van der Waals surface area contributed by atoms with Crippen LogP contribution in [0.25, 0.3) is 11.3 Å². The van der Waals surface area contributed by atoms with Crippen molar-refractivity contribution < 1.29 is 9.66 Å². The summed E-state index contributed by atoms with van der Waals surface area (Å²) in [5.74, 6) is 0.843. The number of nitrogen functional groups attached to an aromatic ring is 1. The number of nitro groups is 1. The van der Waals surface area contributed by atoms with E-state index in [9.17, 15) is 10.1 Å². The Balaban J connectivity index is 2.21. The molecule has 7 heteroatoms. The van der Waals surface area contributed by atoms with Gasteiger partial charge in [-0.05, 0) is 30.7 Å². The average Bonchev–Trinajstić information content (AvgIpc) is 2.84. The van der Waals surface area contributed by atoms with Gasteiger partial charge in [0, 0.05) is 12.0 Å². The smallest absolute Gasteiger partial charge is 0.316 e. The van der Waals surface area contributed by atoms with Crippen molar-refractivity contribution in [3.63, 3.8) is 0 Å². The Morgan fingerprint density at radius 1 is 1.40 bits per heavy atom. The third kappa shape index (κ3) is 1.93. The third-order valence-electron chi connectivity index (χ3n) is 3.22. The molecule has 20 heavy (non-hydrogen) atoms. The summed E-state index contributed by atoms with van der Waals surface area (Å²) in [6, 6.07) is 5.41. The van der Waals surface area contributed by atoms with Gasteiger partial charge in [-0.2, -0.15) is 0 Å². The summed E-state index contributed by atoms with van der Waals surface area (Å²) in [7, 11) is 0. The molecule has 0 saturated carbocycles. The van der Waals surface area contributed by atoms with Crippen LogP contribution in [0.1, 0.15) is 11.3 Å². The highest BCUT2D eigenvalue weighted by Gasteiger charge is 2.24. The fourth-order valence-electron chi connectivity index (χ4n) is 2.34. The highest BCUT2D eigenvalue weighted by atomic mass is 16.6. The number of hydrogen-bond donors (Lipinski definition) is 1. The quantitative estimate of drug-likeness (QED) is 0.661. The van der Waals surface area contributed by atoms with E-state index >= 15 is 0 Å². The van der Waals surface area contributed by atoms with Gasteiger partial charge in [-0.25, -0.2) is 9.97 Å². The van der Waals surface area contributed by atoms with Gasteiger partial charge in [-0.1, -0.05) is 0 Å². The summed E-state index contributed by atoms with van der Waals surface area (Å²) in [6.45, 7) is 2.18. The maximum Gasteiger partial charge on any atom is 0.316 e. The number of aromatic nitrogens is 2. The molecule has 0 bridgehead atoms. The molecule has 7 nitrogen and oxygen atoms in total. The van der Waals surface area contributed by atoms with Gasteiger partial charge < -0.3 is 10.5 Å². The highest BCUT2D eigenvalue weighted by molar-refractivity contribution is 5.73. The SMILES string of the molecule is Cc1nc(N)nc(-c2ccc3c(c2)CCO3)c1[N+](=O)[O-]. The van der Waals surface area contributed by atoms with Crippen LogP contribution in [0.2, 0.25) is 0 Å². The molecule has 0 amide bonds. The van der Waals surface area contributed by atoms with Crippen molar-refractivity contribution in [2.45, 2.75) is 13.3 Å². The normalized spacial score (nSPS) is 12.8. The number of nitrogens with two attached hydrogens (primary N) is 1. The number of ether oxygens (including phenoxy) is 1. The van der Waals surface area contributed by atoms with E-state index in [1.807, 2.05) is 6.07 Å². The van der Waals surface area contributed by atoms with E-state index in [0.717, 1.165) is 17.7 Å². The average molecular weight is 272 g/mol. The van der Waals surface area contributed by atoms with Gasteiger partial charge in [0.05, 0.1) is 11.5 Å². The molecule has 2 N–H and O–H groups in total. The topological polar surface area (TPSA) is 104 Å². The molecule has 102 valence electrons. The van der Waals surface area contributed by atoms with Gasteiger partial charge in [0.25, 0.3) is 0 Å². The summed E-state index contributed by atoms with van der Waals surface area (Å²) in [5, 5.41) is 11.2. The molecule has 0 aliphatic carbocycles. The number of benzene rings is 1. The Labute approximate surface area is 114 Å². The molecular formula is C13H12N4O3. The van der Waals surface area contributed by atoms with Crippen molar-refractivity contribution >= 4 is 11.6 Å². The predicted octanol–water partition coefficient (Wildman–Crippen LogP) is 1.88. The molecule has 2 heterocycles. The third-order valence-corrected chi connectivity index (χ3v) is 3.22. The summed E-state index contributed by atoms with van der Waals surface area (Å²) >= 11 is 0. The monoisotopic (exact) mass is 272 g/mol. The minimum atomic E-state index is -0.478. The van der Waals surface area contributed by atoms with Crippen molar-refractivity contribution in [3.8, 4) is 17.0 Å². The van der Waals surface area contributed by atoms with Crippen LogP contribution in [0.3, 0.4) is 0 Å². The number of rotatable bonds is 2. The summed E-state index contributed by atoms with van der Waals surface area (Å²) in [4.78, 5) is 18.6. The zero-order valence-electron chi connectivity index (χ0n) is 10.8. The van der Waals surface area contributed by atoms with Crippen molar-refractivity contribution in [1.29, 1.82) is 0 Å². The Hall–Kier alpha value is -2.70. The number of hydrogen-bond acceptors (Lipinski definition) is 6. The molecule has 0 radical (unpaired) electrons. The first-order chi connectivity index (χ1) is 9.56. The fraction of sp³-hybridized carbons (Fsp3) is 0.231. The maximum atomic E-state index is 11.2. The second kappa shape index (κ2) is 4.44. The van der Waals surface area contributed by atoms with E-state index in [2.05, 4.69) is 9.97 Å². The number of nitrogens with zero attached hydrogens (tertiary/aromatic N) is 3. The van der Waals surface area contributed by atoms with E-state index < -0.39 is 4.92 Å². The van der Waals surface area contributed by atoms with Crippen LogP contribution in [0.5, 0.6) is 5.75 Å². The minimum Gasteiger partial charge on any atom is -0.493 e. The first-order valence-electron chi connectivity index (χ1n) is 6.11. The molecule has 0 fully saturated rings. The summed E-state index contributed by atoms with van der Waals surface area (Å²) < 4.78 is 5.42. The lowest BCUT2D eigenvalue weighted by Crippen LogP contribution is -2.04. The van der Waals surface area contributed by atoms with Crippen LogP contribution in [0.4, 0.5) is 11.6 Å². The summed E-state index contributed by atoms with van der Waals surface area (Å²) in [6.07, 6.45) is 0.788. The molecule has 1 aromatic carbocycles. The van der Waals surface area contributed by atoms with Crippen LogP contribution < -0.4 is 10.5 Å². The lowest BCUT2D eigenvalue weighted by atomic mass is 10.0. The van der Waals surface area contributed by atoms with E-state index in [1.165, 1.54) is 0 Å². The van der Waals surface area contributed by atoms with E-state index in [-0.39, 0.29) is 23.0 Å². The lowest BCUT2D eigenvalue weighted by molar-refractivity contribution is -0.385. The van der Waals surface area contributed by atoms with Gasteiger partial charge in [-0.3, -0.25) is 10.1 Å².